The van der Waals surface area contributed by atoms with Gasteiger partial charge in [0.15, 0.2) is 0 Å². The number of anilines is 1. The molecule has 0 saturated carbocycles. The van der Waals surface area contributed by atoms with Crippen LogP contribution in [0.4, 0.5) is 10.1 Å². The molecule has 94 valence electrons. The van der Waals surface area contributed by atoms with Crippen LogP contribution in [-0.2, 0) is 7.05 Å². The highest BCUT2D eigenvalue weighted by molar-refractivity contribution is 6.04. The van der Waals surface area contributed by atoms with E-state index in [4.69, 9.17) is 0 Å². The monoisotopic (exact) mass is 247 g/mol. The minimum absolute atomic E-state index is 0.269. The lowest BCUT2D eigenvalue weighted by molar-refractivity contribution is 0.102. The third-order valence-corrected chi connectivity index (χ3v) is 2.85. The quantitative estimate of drug-likeness (QED) is 0.886. The van der Waals surface area contributed by atoms with Gasteiger partial charge in [-0.05, 0) is 38.1 Å². The Morgan fingerprint density at radius 2 is 1.89 bits per heavy atom. The van der Waals surface area contributed by atoms with Gasteiger partial charge in [-0.25, -0.2) is 4.39 Å². The molecule has 0 atom stereocenters. The fourth-order valence-corrected chi connectivity index (χ4v) is 1.74. The molecule has 1 aromatic carbocycles. The number of benzene rings is 1. The molecule has 18 heavy (non-hydrogen) atoms. The van der Waals surface area contributed by atoms with Gasteiger partial charge in [0, 0.05) is 12.6 Å². The number of halogens is 1. The Morgan fingerprint density at radius 3 is 2.39 bits per heavy atom. The zero-order chi connectivity index (χ0) is 13.3. The zero-order valence-electron chi connectivity index (χ0n) is 10.5. The van der Waals surface area contributed by atoms with Crippen molar-refractivity contribution in [2.24, 2.45) is 7.05 Å². The molecule has 1 N–H and O–H groups in total. The molecule has 2 aromatic rings. The number of carbonyl (C=O) groups excluding carboxylic acids is 1. The number of nitrogens with one attached hydrogen (secondary N) is 1. The van der Waals surface area contributed by atoms with Crippen molar-refractivity contribution in [2.75, 3.05) is 5.32 Å². The highest BCUT2D eigenvalue weighted by atomic mass is 19.1. The van der Waals surface area contributed by atoms with Gasteiger partial charge in [0.25, 0.3) is 5.91 Å². The molecule has 0 unspecified atom stereocenters. The number of aromatic nitrogens is 2. The van der Waals surface area contributed by atoms with Gasteiger partial charge in [-0.1, -0.05) is 0 Å². The van der Waals surface area contributed by atoms with Gasteiger partial charge < -0.3 is 5.32 Å². The molecule has 2 rings (SSSR count). The average molecular weight is 247 g/mol. The maximum atomic E-state index is 12.8. The molecule has 1 heterocycles. The number of amides is 1. The van der Waals surface area contributed by atoms with Crippen LogP contribution < -0.4 is 5.32 Å². The first-order chi connectivity index (χ1) is 8.49. The van der Waals surface area contributed by atoms with Crippen molar-refractivity contribution in [3.05, 3.63) is 47.0 Å². The van der Waals surface area contributed by atoms with Gasteiger partial charge in [0.2, 0.25) is 0 Å². The van der Waals surface area contributed by atoms with Crippen LogP contribution in [0.15, 0.2) is 24.3 Å². The number of aryl methyl sites for hydroxylation is 2. The lowest BCUT2D eigenvalue weighted by Crippen LogP contribution is -2.13. The summed E-state index contributed by atoms with van der Waals surface area (Å²) >= 11 is 0. The first kappa shape index (κ1) is 12.3. The van der Waals surface area contributed by atoms with Gasteiger partial charge in [-0.15, -0.1) is 0 Å². The molecule has 5 heteroatoms. The molecule has 1 amide bonds. The van der Waals surface area contributed by atoms with E-state index >= 15 is 0 Å². The van der Waals surface area contributed by atoms with Crippen LogP contribution in [-0.4, -0.2) is 15.7 Å². The normalized spacial score (nSPS) is 10.4. The van der Waals surface area contributed by atoms with E-state index in [0.717, 1.165) is 11.4 Å². The fraction of sp³-hybridized carbons (Fsp3) is 0.231. The van der Waals surface area contributed by atoms with Crippen LogP contribution in [0.3, 0.4) is 0 Å². The first-order valence-electron chi connectivity index (χ1n) is 5.56. The Kier molecular flexibility index (Phi) is 3.14. The van der Waals surface area contributed by atoms with Gasteiger partial charge in [0.05, 0.1) is 17.1 Å². The molecule has 0 radical (unpaired) electrons. The topological polar surface area (TPSA) is 46.9 Å². The predicted octanol–water partition coefficient (Wildman–Crippen LogP) is 2.43. The van der Waals surface area contributed by atoms with E-state index < -0.39 is 0 Å². The molecule has 1 aromatic heterocycles. The number of hydrogen-bond donors (Lipinski definition) is 1. The zero-order valence-corrected chi connectivity index (χ0v) is 10.5. The van der Waals surface area contributed by atoms with Crippen LogP contribution in [0.5, 0.6) is 0 Å². The number of carbonyl (C=O) groups is 1. The molecule has 0 fully saturated rings. The maximum absolute atomic E-state index is 12.8. The summed E-state index contributed by atoms with van der Waals surface area (Å²) in [5, 5.41) is 7.00. The summed E-state index contributed by atoms with van der Waals surface area (Å²) < 4.78 is 14.5. The van der Waals surface area contributed by atoms with E-state index in [9.17, 15) is 9.18 Å². The molecule has 0 aliphatic heterocycles. The van der Waals surface area contributed by atoms with Crippen LogP contribution in [0.1, 0.15) is 21.7 Å². The number of nitrogens with zero attached hydrogens (tertiary/aromatic N) is 2. The van der Waals surface area contributed by atoms with Gasteiger partial charge >= 0.3 is 0 Å². The molecular weight excluding hydrogens is 233 g/mol. The van der Waals surface area contributed by atoms with Gasteiger partial charge in [0.1, 0.15) is 5.82 Å². The van der Waals surface area contributed by atoms with Crippen molar-refractivity contribution in [1.29, 1.82) is 0 Å². The summed E-state index contributed by atoms with van der Waals surface area (Å²) in [6.45, 7) is 3.70. The molecule has 0 saturated heterocycles. The average Bonchev–Trinajstić information content (AvgIpc) is 2.57. The second-order valence-corrected chi connectivity index (χ2v) is 4.13. The molecule has 4 nitrogen and oxygen atoms in total. The summed E-state index contributed by atoms with van der Waals surface area (Å²) in [5.41, 5.74) is 2.75. The van der Waals surface area contributed by atoms with Crippen LogP contribution >= 0.6 is 0 Å². The Morgan fingerprint density at radius 1 is 1.28 bits per heavy atom. The number of rotatable bonds is 2. The van der Waals surface area contributed by atoms with Crippen molar-refractivity contribution in [3.63, 3.8) is 0 Å². The maximum Gasteiger partial charge on any atom is 0.255 e. The van der Waals surface area contributed by atoms with Gasteiger partial charge in [-0.3, -0.25) is 9.48 Å². The van der Waals surface area contributed by atoms with Gasteiger partial charge in [-0.2, -0.15) is 5.10 Å². The summed E-state index contributed by atoms with van der Waals surface area (Å²) in [6.07, 6.45) is 0. The van der Waals surface area contributed by atoms with E-state index in [1.807, 2.05) is 20.9 Å². The van der Waals surface area contributed by atoms with Crippen molar-refractivity contribution >= 4 is 11.6 Å². The van der Waals surface area contributed by atoms with E-state index in [2.05, 4.69) is 10.4 Å². The smallest absolute Gasteiger partial charge is 0.255 e. The second kappa shape index (κ2) is 4.60. The van der Waals surface area contributed by atoms with E-state index in [1.165, 1.54) is 24.3 Å². The largest absolute Gasteiger partial charge is 0.319 e. The Bertz CT molecular complexity index is 587. The summed E-state index contributed by atoms with van der Waals surface area (Å²) in [7, 11) is 1.82. The molecule has 0 spiro atoms. The molecule has 0 aliphatic carbocycles. The van der Waals surface area contributed by atoms with Crippen molar-refractivity contribution in [2.45, 2.75) is 13.8 Å². The SMILES string of the molecule is Cc1nn(C)c(C)c1NC(=O)c1ccc(F)cc1. The lowest BCUT2D eigenvalue weighted by Gasteiger charge is -2.05. The molecular formula is C13H14FN3O. The Hall–Kier alpha value is -2.17. The minimum Gasteiger partial charge on any atom is -0.319 e. The van der Waals surface area contributed by atoms with Crippen molar-refractivity contribution < 1.29 is 9.18 Å². The van der Waals surface area contributed by atoms with Crippen LogP contribution in [0, 0.1) is 19.7 Å². The fourth-order valence-electron chi connectivity index (χ4n) is 1.74. The second-order valence-electron chi connectivity index (χ2n) is 4.13. The van der Waals surface area contributed by atoms with E-state index in [1.54, 1.807) is 4.68 Å². The van der Waals surface area contributed by atoms with E-state index in [-0.39, 0.29) is 11.7 Å². The summed E-state index contributed by atoms with van der Waals surface area (Å²) in [5.74, 6) is -0.630. The molecule has 0 aliphatic rings. The van der Waals surface area contributed by atoms with Crippen LogP contribution in [0.25, 0.3) is 0 Å². The van der Waals surface area contributed by atoms with Crippen LogP contribution in [0.2, 0.25) is 0 Å². The predicted molar refractivity (Wildman–Crippen MR) is 67.0 cm³/mol. The summed E-state index contributed by atoms with van der Waals surface area (Å²) in [6, 6.07) is 5.42. The summed E-state index contributed by atoms with van der Waals surface area (Å²) in [4.78, 5) is 12.0. The minimum atomic E-state index is -0.361. The number of hydrogen-bond acceptors (Lipinski definition) is 2. The highest BCUT2D eigenvalue weighted by Gasteiger charge is 2.13. The Labute approximate surface area is 104 Å². The third-order valence-electron chi connectivity index (χ3n) is 2.85. The van der Waals surface area contributed by atoms with E-state index in [0.29, 0.717) is 11.3 Å². The highest BCUT2D eigenvalue weighted by Crippen LogP contribution is 2.19. The molecule has 0 bridgehead atoms. The van der Waals surface area contributed by atoms with Crippen molar-refractivity contribution in [1.82, 2.24) is 9.78 Å². The first-order valence-corrected chi connectivity index (χ1v) is 5.56. The van der Waals surface area contributed by atoms with Crippen molar-refractivity contribution in [3.8, 4) is 0 Å². The standard InChI is InChI=1S/C13H14FN3O/c1-8-12(9(2)17(3)16-8)15-13(18)10-4-6-11(14)7-5-10/h4-7H,1-3H3,(H,15,18). The Balaban J connectivity index is 2.24. The third kappa shape index (κ3) is 2.25. The lowest BCUT2D eigenvalue weighted by atomic mass is 10.2.